The molecule has 1 saturated carbocycles. The van der Waals surface area contributed by atoms with Gasteiger partial charge in [-0.25, -0.2) is 10.0 Å². The van der Waals surface area contributed by atoms with Crippen LogP contribution in [-0.4, -0.2) is 36.2 Å². The van der Waals surface area contributed by atoms with Gasteiger partial charge in [0.1, 0.15) is 0 Å². The molecule has 0 bridgehead atoms. The van der Waals surface area contributed by atoms with Crippen LogP contribution in [-0.2, 0) is 0 Å². The Kier molecular flexibility index (Phi) is 1.66. The first-order valence-corrected chi connectivity index (χ1v) is 4.35. The third kappa shape index (κ3) is 0.956. The number of hydrazine groups is 1. The molecule has 0 amide bonds. The smallest absolute Gasteiger partial charge is 0.0242 e. The van der Waals surface area contributed by atoms with Crippen LogP contribution in [0.4, 0.5) is 0 Å². The first kappa shape index (κ1) is 6.62. The van der Waals surface area contributed by atoms with Crippen molar-refractivity contribution in [3.63, 3.8) is 0 Å². The molecule has 1 heterocycles. The highest BCUT2D eigenvalue weighted by atomic mass is 15.6. The lowest BCUT2D eigenvalue weighted by atomic mass is 9.93. The average molecular weight is 140 g/mol. The number of hydrogen-bond donors (Lipinski definition) is 0. The molecule has 10 heavy (non-hydrogen) atoms. The summed E-state index contributed by atoms with van der Waals surface area (Å²) in [4.78, 5) is 0. The zero-order valence-corrected chi connectivity index (χ0v) is 6.71. The van der Waals surface area contributed by atoms with Crippen LogP contribution in [0.5, 0.6) is 0 Å². The van der Waals surface area contributed by atoms with Gasteiger partial charge in [-0.05, 0) is 19.3 Å². The van der Waals surface area contributed by atoms with E-state index in [2.05, 4.69) is 17.1 Å². The molecule has 0 spiro atoms. The van der Waals surface area contributed by atoms with E-state index < -0.39 is 0 Å². The van der Waals surface area contributed by atoms with E-state index in [1.54, 1.807) is 0 Å². The first-order chi connectivity index (χ1) is 4.88. The summed E-state index contributed by atoms with van der Waals surface area (Å²) < 4.78 is 0. The summed E-state index contributed by atoms with van der Waals surface area (Å²) in [5.74, 6) is 0. The summed E-state index contributed by atoms with van der Waals surface area (Å²) in [7, 11) is 2.24. The lowest BCUT2D eigenvalue weighted by Crippen LogP contribution is -2.54. The van der Waals surface area contributed by atoms with Gasteiger partial charge in [-0.15, -0.1) is 0 Å². The Morgan fingerprint density at radius 3 is 2.20 bits per heavy atom. The molecule has 2 rings (SSSR count). The summed E-state index contributed by atoms with van der Waals surface area (Å²) in [5, 5.41) is 4.91. The molecule has 2 nitrogen and oxygen atoms in total. The summed E-state index contributed by atoms with van der Waals surface area (Å²) in [6.45, 7) is 2.60. The standard InChI is InChI=1S/C8H16N2/c1-9(8-4-2-5-8)10-6-3-7-10/h8H,2-7H2,1H3. The Labute approximate surface area is 62.8 Å². The quantitative estimate of drug-likeness (QED) is 0.566. The lowest BCUT2D eigenvalue weighted by Gasteiger charge is -2.46. The fourth-order valence-electron chi connectivity index (χ4n) is 1.61. The summed E-state index contributed by atoms with van der Waals surface area (Å²) >= 11 is 0. The van der Waals surface area contributed by atoms with E-state index in [4.69, 9.17) is 0 Å². The van der Waals surface area contributed by atoms with Crippen molar-refractivity contribution in [2.75, 3.05) is 20.1 Å². The molecule has 0 aromatic carbocycles. The van der Waals surface area contributed by atoms with E-state index in [0.29, 0.717) is 0 Å². The highest BCUT2D eigenvalue weighted by molar-refractivity contribution is 4.79. The van der Waals surface area contributed by atoms with Gasteiger partial charge in [-0.1, -0.05) is 6.42 Å². The number of nitrogens with zero attached hydrogens (tertiary/aromatic N) is 2. The van der Waals surface area contributed by atoms with E-state index in [-0.39, 0.29) is 0 Å². The van der Waals surface area contributed by atoms with Crippen molar-refractivity contribution in [2.45, 2.75) is 31.7 Å². The minimum Gasteiger partial charge on any atom is -0.242 e. The van der Waals surface area contributed by atoms with Gasteiger partial charge in [0.05, 0.1) is 0 Å². The van der Waals surface area contributed by atoms with Gasteiger partial charge in [-0.3, -0.25) is 0 Å². The van der Waals surface area contributed by atoms with Crippen LogP contribution in [0.15, 0.2) is 0 Å². The second-order valence-corrected chi connectivity index (χ2v) is 3.47. The Morgan fingerprint density at radius 1 is 1.20 bits per heavy atom. The molecule has 58 valence electrons. The summed E-state index contributed by atoms with van der Waals surface area (Å²) in [6.07, 6.45) is 5.69. The predicted octanol–water partition coefficient (Wildman–Crippen LogP) is 1.09. The Bertz CT molecular complexity index is 102. The van der Waals surface area contributed by atoms with Crippen LogP contribution < -0.4 is 0 Å². The summed E-state index contributed by atoms with van der Waals surface area (Å²) in [6, 6.07) is 0.889. The van der Waals surface area contributed by atoms with Gasteiger partial charge in [0.2, 0.25) is 0 Å². The molecule has 0 radical (unpaired) electrons. The van der Waals surface area contributed by atoms with E-state index in [0.717, 1.165) is 6.04 Å². The van der Waals surface area contributed by atoms with Crippen molar-refractivity contribution in [3.8, 4) is 0 Å². The molecule has 0 aromatic rings. The van der Waals surface area contributed by atoms with E-state index >= 15 is 0 Å². The molecule has 1 aliphatic heterocycles. The maximum Gasteiger partial charge on any atom is 0.0242 e. The molecule has 0 unspecified atom stereocenters. The van der Waals surface area contributed by atoms with Crippen LogP contribution in [0.25, 0.3) is 0 Å². The second-order valence-electron chi connectivity index (χ2n) is 3.47. The van der Waals surface area contributed by atoms with Crippen LogP contribution in [0.3, 0.4) is 0 Å². The zero-order chi connectivity index (χ0) is 6.97. The molecule has 0 atom stereocenters. The van der Waals surface area contributed by atoms with Crippen LogP contribution in [0.2, 0.25) is 0 Å². The maximum atomic E-state index is 2.46. The fourth-order valence-corrected chi connectivity index (χ4v) is 1.61. The zero-order valence-electron chi connectivity index (χ0n) is 6.71. The van der Waals surface area contributed by atoms with E-state index in [9.17, 15) is 0 Å². The van der Waals surface area contributed by atoms with Crippen molar-refractivity contribution in [1.29, 1.82) is 0 Å². The molecule has 2 aliphatic rings. The molecular weight excluding hydrogens is 124 g/mol. The minimum absolute atomic E-state index is 0.889. The van der Waals surface area contributed by atoms with Gasteiger partial charge in [-0.2, -0.15) is 0 Å². The largest absolute Gasteiger partial charge is 0.242 e. The molecule has 2 heteroatoms. The molecule has 1 saturated heterocycles. The highest BCUT2D eigenvalue weighted by Gasteiger charge is 2.28. The molecular formula is C8H16N2. The van der Waals surface area contributed by atoms with Crippen molar-refractivity contribution in [1.82, 2.24) is 10.0 Å². The number of rotatable bonds is 2. The van der Waals surface area contributed by atoms with Crippen LogP contribution >= 0.6 is 0 Å². The van der Waals surface area contributed by atoms with Gasteiger partial charge >= 0.3 is 0 Å². The van der Waals surface area contributed by atoms with Gasteiger partial charge in [0.25, 0.3) is 0 Å². The third-order valence-electron chi connectivity index (χ3n) is 2.88. The topological polar surface area (TPSA) is 6.48 Å². The van der Waals surface area contributed by atoms with Crippen molar-refractivity contribution < 1.29 is 0 Å². The maximum absolute atomic E-state index is 2.46. The number of hydrogen-bond acceptors (Lipinski definition) is 2. The van der Waals surface area contributed by atoms with Gasteiger partial charge in [0.15, 0.2) is 0 Å². The molecule has 0 aromatic heterocycles. The fraction of sp³-hybridized carbons (Fsp3) is 1.00. The van der Waals surface area contributed by atoms with Gasteiger partial charge in [0, 0.05) is 26.2 Å². The van der Waals surface area contributed by atoms with Crippen molar-refractivity contribution in [2.24, 2.45) is 0 Å². The predicted molar refractivity (Wildman–Crippen MR) is 41.6 cm³/mol. The van der Waals surface area contributed by atoms with Crippen LogP contribution in [0, 0.1) is 0 Å². The highest BCUT2D eigenvalue weighted by Crippen LogP contribution is 2.26. The van der Waals surface area contributed by atoms with Crippen LogP contribution in [0.1, 0.15) is 25.7 Å². The second kappa shape index (κ2) is 2.51. The first-order valence-electron chi connectivity index (χ1n) is 4.35. The van der Waals surface area contributed by atoms with E-state index in [1.807, 2.05) is 0 Å². The monoisotopic (exact) mass is 140 g/mol. The van der Waals surface area contributed by atoms with Crippen molar-refractivity contribution >= 4 is 0 Å². The summed E-state index contributed by atoms with van der Waals surface area (Å²) in [5.41, 5.74) is 0. The minimum atomic E-state index is 0.889. The average Bonchev–Trinajstić information content (AvgIpc) is 1.52. The Hall–Kier alpha value is -0.0800. The van der Waals surface area contributed by atoms with Gasteiger partial charge < -0.3 is 0 Å². The Morgan fingerprint density at radius 2 is 1.90 bits per heavy atom. The van der Waals surface area contributed by atoms with Crippen molar-refractivity contribution in [3.05, 3.63) is 0 Å². The molecule has 0 N–H and O–H groups in total. The third-order valence-corrected chi connectivity index (χ3v) is 2.88. The lowest BCUT2D eigenvalue weighted by molar-refractivity contribution is -0.101. The molecule has 1 aliphatic carbocycles. The normalized spacial score (nSPS) is 28.2. The molecule has 2 fully saturated rings. The SMILES string of the molecule is CN(C1CCC1)N1CCC1. The van der Waals surface area contributed by atoms with E-state index in [1.165, 1.54) is 38.8 Å². The Balaban J connectivity index is 1.79.